The minimum atomic E-state index is 0.497. The molecule has 0 rings (SSSR count). The zero-order chi connectivity index (χ0) is 12.6. The quantitative estimate of drug-likeness (QED) is 0.688. The van der Waals surface area contributed by atoms with Crippen LogP contribution in [0.4, 0.5) is 0 Å². The first kappa shape index (κ1) is 15.6. The van der Waals surface area contributed by atoms with E-state index in [1.165, 1.54) is 10.6 Å². The lowest BCUT2D eigenvalue weighted by molar-refractivity contribution is 0.685. The Labute approximate surface area is 105 Å². The number of nitrogens with zero attached hydrogens (tertiary/aromatic N) is 1. The molecular formula is C13H26N2S. The third-order valence-corrected chi connectivity index (χ3v) is 2.91. The maximum atomic E-state index is 4.41. The smallest absolute Gasteiger partial charge is 0.0670 e. The van der Waals surface area contributed by atoms with Crippen LogP contribution in [0.15, 0.2) is 15.6 Å². The second-order valence-corrected chi connectivity index (χ2v) is 5.48. The summed E-state index contributed by atoms with van der Waals surface area (Å²) in [6, 6.07) is 0.497. The highest BCUT2D eigenvalue weighted by Crippen LogP contribution is 2.16. The molecule has 0 aliphatic rings. The number of hydrogen-bond acceptors (Lipinski definition) is 3. The lowest BCUT2D eigenvalue weighted by Gasteiger charge is -2.15. The highest BCUT2D eigenvalue weighted by molar-refractivity contribution is 8.02. The largest absolute Gasteiger partial charge is 0.378 e. The average molecular weight is 242 g/mol. The average Bonchev–Trinajstić information content (AvgIpc) is 2.20. The van der Waals surface area contributed by atoms with E-state index in [-0.39, 0.29) is 0 Å². The predicted octanol–water partition coefficient (Wildman–Crippen LogP) is 3.70. The number of nitrogens with one attached hydrogen (secondary N) is 1. The summed E-state index contributed by atoms with van der Waals surface area (Å²) in [5, 5.41) is 4.77. The molecule has 1 N–H and O–H groups in total. The summed E-state index contributed by atoms with van der Waals surface area (Å²) in [6.07, 6.45) is 5.19. The molecule has 0 radical (unpaired) electrons. The van der Waals surface area contributed by atoms with Crippen LogP contribution < -0.4 is 5.32 Å². The second-order valence-electron chi connectivity index (χ2n) is 4.66. The van der Waals surface area contributed by atoms with Crippen LogP contribution in [0.5, 0.6) is 0 Å². The van der Waals surface area contributed by atoms with Gasteiger partial charge in [0.15, 0.2) is 0 Å². The Morgan fingerprint density at radius 3 is 2.38 bits per heavy atom. The molecule has 0 amide bonds. The van der Waals surface area contributed by atoms with E-state index in [9.17, 15) is 0 Å². The van der Waals surface area contributed by atoms with Gasteiger partial charge in [-0.1, -0.05) is 13.8 Å². The summed E-state index contributed by atoms with van der Waals surface area (Å²) in [5.74, 6) is 0.554. The molecule has 0 aromatic rings. The molecule has 16 heavy (non-hydrogen) atoms. The van der Waals surface area contributed by atoms with Crippen molar-refractivity contribution in [2.24, 2.45) is 10.9 Å². The summed E-state index contributed by atoms with van der Waals surface area (Å²) in [5.41, 5.74) is 1.40. The van der Waals surface area contributed by atoms with Crippen LogP contribution in [0.25, 0.3) is 0 Å². The predicted molar refractivity (Wildman–Crippen MR) is 77.3 cm³/mol. The highest BCUT2D eigenvalue weighted by atomic mass is 32.2. The minimum absolute atomic E-state index is 0.497. The van der Waals surface area contributed by atoms with E-state index in [1.54, 1.807) is 11.8 Å². The molecule has 0 atom stereocenters. The van der Waals surface area contributed by atoms with Gasteiger partial charge in [0.1, 0.15) is 0 Å². The van der Waals surface area contributed by atoms with E-state index in [0.29, 0.717) is 12.0 Å². The monoisotopic (exact) mass is 242 g/mol. The summed E-state index contributed by atoms with van der Waals surface area (Å²) in [6.45, 7) is 11.7. The molecule has 0 aromatic carbocycles. The van der Waals surface area contributed by atoms with Gasteiger partial charge < -0.3 is 5.32 Å². The number of hydrogen-bond donors (Lipinski definition) is 1. The SMILES string of the molecule is CS/C(NC(C)C)=C(/C)CCN=CC(C)C. The fourth-order valence-electron chi connectivity index (χ4n) is 1.25. The Bertz CT molecular complexity index is 242. The van der Waals surface area contributed by atoms with Crippen LogP contribution in [-0.2, 0) is 0 Å². The summed E-state index contributed by atoms with van der Waals surface area (Å²) in [7, 11) is 0. The van der Waals surface area contributed by atoms with Crippen molar-refractivity contribution in [2.75, 3.05) is 12.8 Å². The molecule has 3 heteroatoms. The molecule has 2 nitrogen and oxygen atoms in total. The standard InChI is InChI=1S/C13H26N2S/c1-10(2)9-14-8-7-12(5)13(16-6)15-11(3)4/h9-11,15H,7-8H2,1-6H3/b13-12-,14-9?. The van der Waals surface area contributed by atoms with E-state index in [2.05, 4.69) is 51.2 Å². The molecule has 0 saturated heterocycles. The summed E-state index contributed by atoms with van der Waals surface area (Å²) < 4.78 is 0. The maximum Gasteiger partial charge on any atom is 0.0670 e. The Morgan fingerprint density at radius 2 is 1.94 bits per heavy atom. The van der Waals surface area contributed by atoms with Crippen molar-refractivity contribution in [3.63, 3.8) is 0 Å². The van der Waals surface area contributed by atoms with Gasteiger partial charge in [0.2, 0.25) is 0 Å². The van der Waals surface area contributed by atoms with Gasteiger partial charge in [0.25, 0.3) is 0 Å². The third kappa shape index (κ3) is 7.80. The van der Waals surface area contributed by atoms with Gasteiger partial charge in [-0.3, -0.25) is 4.99 Å². The van der Waals surface area contributed by atoms with E-state index >= 15 is 0 Å². The molecule has 0 unspecified atom stereocenters. The highest BCUT2D eigenvalue weighted by Gasteiger charge is 2.02. The van der Waals surface area contributed by atoms with Crippen molar-refractivity contribution in [2.45, 2.75) is 47.1 Å². The van der Waals surface area contributed by atoms with Crippen LogP contribution in [0.3, 0.4) is 0 Å². The van der Waals surface area contributed by atoms with Crippen LogP contribution >= 0.6 is 11.8 Å². The third-order valence-electron chi connectivity index (χ3n) is 2.03. The first-order valence-electron chi connectivity index (χ1n) is 5.97. The zero-order valence-electron chi connectivity index (χ0n) is 11.5. The number of thioether (sulfide) groups is 1. The second kappa shape index (κ2) is 8.68. The van der Waals surface area contributed by atoms with E-state index in [4.69, 9.17) is 0 Å². The van der Waals surface area contributed by atoms with Crippen molar-refractivity contribution in [1.29, 1.82) is 0 Å². The van der Waals surface area contributed by atoms with Gasteiger partial charge in [-0.2, -0.15) is 0 Å². The van der Waals surface area contributed by atoms with E-state index in [0.717, 1.165) is 13.0 Å². The summed E-state index contributed by atoms with van der Waals surface area (Å²) in [4.78, 5) is 4.41. The minimum Gasteiger partial charge on any atom is -0.378 e. The Balaban J connectivity index is 4.17. The van der Waals surface area contributed by atoms with Crippen molar-refractivity contribution < 1.29 is 0 Å². The van der Waals surface area contributed by atoms with E-state index < -0.39 is 0 Å². The van der Waals surface area contributed by atoms with Gasteiger partial charge in [0, 0.05) is 18.8 Å². The normalized spacial score (nSPS) is 13.8. The van der Waals surface area contributed by atoms with Crippen molar-refractivity contribution in [3.05, 3.63) is 10.6 Å². The Morgan fingerprint density at radius 1 is 1.31 bits per heavy atom. The fraction of sp³-hybridized carbons (Fsp3) is 0.769. The van der Waals surface area contributed by atoms with Crippen LogP contribution in [0.2, 0.25) is 0 Å². The lowest BCUT2D eigenvalue weighted by atomic mass is 10.2. The molecule has 0 fully saturated rings. The van der Waals surface area contributed by atoms with Crippen molar-refractivity contribution in [1.82, 2.24) is 5.32 Å². The molecule has 0 aromatic heterocycles. The van der Waals surface area contributed by atoms with Gasteiger partial charge in [-0.05, 0) is 44.9 Å². The van der Waals surface area contributed by atoms with Gasteiger partial charge in [-0.15, -0.1) is 11.8 Å². The van der Waals surface area contributed by atoms with Crippen LogP contribution in [0.1, 0.15) is 41.0 Å². The maximum absolute atomic E-state index is 4.41. The number of rotatable bonds is 7. The first-order valence-corrected chi connectivity index (χ1v) is 7.20. The van der Waals surface area contributed by atoms with Crippen LogP contribution in [0, 0.1) is 5.92 Å². The Hall–Kier alpha value is -0.440. The molecule has 94 valence electrons. The van der Waals surface area contributed by atoms with Gasteiger partial charge in [-0.25, -0.2) is 0 Å². The molecule has 0 aliphatic carbocycles. The Kier molecular flexibility index (Phi) is 8.44. The molecule has 0 aliphatic heterocycles. The van der Waals surface area contributed by atoms with E-state index in [1.807, 2.05) is 6.21 Å². The lowest BCUT2D eigenvalue weighted by Crippen LogP contribution is -2.21. The van der Waals surface area contributed by atoms with Crippen LogP contribution in [-0.4, -0.2) is 25.1 Å². The number of aliphatic imine (C=N–C) groups is 1. The molecule has 0 heterocycles. The first-order chi connectivity index (χ1) is 7.47. The molecule has 0 spiro atoms. The molecule has 0 bridgehead atoms. The summed E-state index contributed by atoms with van der Waals surface area (Å²) >= 11 is 1.79. The molecular weight excluding hydrogens is 216 g/mol. The van der Waals surface area contributed by atoms with Crippen molar-refractivity contribution in [3.8, 4) is 0 Å². The zero-order valence-corrected chi connectivity index (χ0v) is 12.3. The van der Waals surface area contributed by atoms with Crippen molar-refractivity contribution >= 4 is 18.0 Å². The van der Waals surface area contributed by atoms with Gasteiger partial charge >= 0.3 is 0 Å². The topological polar surface area (TPSA) is 24.4 Å². The molecule has 0 saturated carbocycles. The fourth-order valence-corrected chi connectivity index (χ4v) is 2.05. The van der Waals surface area contributed by atoms with Gasteiger partial charge in [0.05, 0.1) is 5.03 Å².